The summed E-state index contributed by atoms with van der Waals surface area (Å²) in [6.07, 6.45) is 0. The first-order valence-electron chi connectivity index (χ1n) is 23.4. The molecule has 3 nitrogen and oxygen atoms in total. The highest BCUT2D eigenvalue weighted by Gasteiger charge is 2.21. The van der Waals surface area contributed by atoms with E-state index in [2.05, 4.69) is 263 Å². The lowest BCUT2D eigenvalue weighted by Gasteiger charge is -2.26. The van der Waals surface area contributed by atoms with Gasteiger partial charge >= 0.3 is 0 Å². The highest BCUT2D eigenvalue weighted by Crippen LogP contribution is 2.45. The van der Waals surface area contributed by atoms with Crippen LogP contribution in [0.2, 0.25) is 0 Å². The Morgan fingerprint density at radius 3 is 1.33 bits per heavy atom. The lowest BCUT2D eigenvalue weighted by atomic mass is 10.0. The standard InChI is InChI=1S/C64H41N3S2/c1-4-14-42(15-5-1)43-24-27-48(28-25-43)67-59-38-45-36-49(65(46-16-6-2-7-17-46)50-31-34-63-57(39-50)54-20-10-12-22-61(54)68-63)29-26-44(45)37-56(59)53-33-30-52(41-60(53)67)66(47-18-8-3-9-19-47)51-32-35-64-58(40-51)55-21-11-13-23-62(55)69-64/h1-41H. The summed E-state index contributed by atoms with van der Waals surface area (Å²) in [5.74, 6) is 0. The summed E-state index contributed by atoms with van der Waals surface area (Å²) < 4.78 is 7.68. The van der Waals surface area contributed by atoms with Crippen LogP contribution in [0.1, 0.15) is 0 Å². The number of benzene rings is 11. The molecule has 0 spiro atoms. The zero-order chi connectivity index (χ0) is 45.4. The molecule has 0 bridgehead atoms. The van der Waals surface area contributed by atoms with E-state index in [1.165, 1.54) is 73.0 Å². The SMILES string of the molecule is c1ccc(-c2ccc(-n3c4cc(N(c5ccccc5)c5ccc6sc7ccccc7c6c5)ccc4c4cc5ccc(N(c6ccccc6)c6ccc7sc8ccccc8c7c6)cc5cc43)cc2)cc1. The summed E-state index contributed by atoms with van der Waals surface area (Å²) in [5, 5.41) is 9.95. The summed E-state index contributed by atoms with van der Waals surface area (Å²) in [7, 11) is 0. The average molecular weight is 916 g/mol. The van der Waals surface area contributed by atoms with Gasteiger partial charge in [-0.15, -0.1) is 22.7 Å². The fourth-order valence-corrected chi connectivity index (χ4v) is 12.7. The van der Waals surface area contributed by atoms with Gasteiger partial charge in [0.15, 0.2) is 0 Å². The van der Waals surface area contributed by atoms with Crippen molar-refractivity contribution in [2.24, 2.45) is 0 Å². The minimum absolute atomic E-state index is 1.10. The number of para-hydroxylation sites is 2. The van der Waals surface area contributed by atoms with Crippen LogP contribution in [0.4, 0.5) is 34.1 Å². The van der Waals surface area contributed by atoms with Crippen LogP contribution in [0.15, 0.2) is 249 Å². The topological polar surface area (TPSA) is 11.4 Å². The van der Waals surface area contributed by atoms with Gasteiger partial charge in [-0.1, -0.05) is 127 Å². The normalized spacial score (nSPS) is 11.8. The van der Waals surface area contributed by atoms with Crippen molar-refractivity contribution in [2.75, 3.05) is 9.80 Å². The number of thiophene rings is 2. The molecule has 0 saturated carbocycles. The molecule has 0 fully saturated rings. The second kappa shape index (κ2) is 16.1. The zero-order valence-corrected chi connectivity index (χ0v) is 39.0. The Kier molecular flexibility index (Phi) is 9.26. The lowest BCUT2D eigenvalue weighted by molar-refractivity contribution is 1.18. The number of anilines is 6. The molecule has 0 atom stereocenters. The Morgan fingerprint density at radius 1 is 0.261 bits per heavy atom. The molecule has 14 rings (SSSR count). The molecule has 0 aliphatic heterocycles. The van der Waals surface area contributed by atoms with Crippen LogP contribution in [0.25, 0.3) is 89.7 Å². The van der Waals surface area contributed by atoms with Crippen LogP contribution in [-0.2, 0) is 0 Å². The van der Waals surface area contributed by atoms with Crippen molar-refractivity contribution in [3.63, 3.8) is 0 Å². The monoisotopic (exact) mass is 915 g/mol. The van der Waals surface area contributed by atoms with Gasteiger partial charge in [0.25, 0.3) is 0 Å². The van der Waals surface area contributed by atoms with Crippen LogP contribution in [0.3, 0.4) is 0 Å². The zero-order valence-electron chi connectivity index (χ0n) is 37.3. The third-order valence-electron chi connectivity index (χ3n) is 13.7. The van der Waals surface area contributed by atoms with Crippen LogP contribution in [0, 0.1) is 0 Å². The van der Waals surface area contributed by atoms with E-state index in [-0.39, 0.29) is 0 Å². The number of nitrogens with zero attached hydrogens (tertiary/aromatic N) is 3. The summed E-state index contributed by atoms with van der Waals surface area (Å²) in [6, 6.07) is 91.4. The maximum absolute atomic E-state index is 2.47. The Balaban J connectivity index is 0.974. The van der Waals surface area contributed by atoms with Crippen molar-refractivity contribution >= 4 is 130 Å². The first-order valence-corrected chi connectivity index (χ1v) is 25.0. The number of hydrogen-bond acceptors (Lipinski definition) is 4. The van der Waals surface area contributed by atoms with E-state index in [4.69, 9.17) is 0 Å². The van der Waals surface area contributed by atoms with E-state index in [0.29, 0.717) is 0 Å². The highest BCUT2D eigenvalue weighted by atomic mass is 32.1. The van der Waals surface area contributed by atoms with Gasteiger partial charge in [-0.3, -0.25) is 0 Å². The summed E-state index contributed by atoms with van der Waals surface area (Å²) in [5.41, 5.74) is 12.5. The van der Waals surface area contributed by atoms with Gasteiger partial charge in [0.1, 0.15) is 0 Å². The van der Waals surface area contributed by atoms with Gasteiger partial charge in [-0.2, -0.15) is 0 Å². The van der Waals surface area contributed by atoms with E-state index in [1.807, 2.05) is 22.7 Å². The maximum atomic E-state index is 2.47. The van der Waals surface area contributed by atoms with Crippen molar-refractivity contribution in [1.29, 1.82) is 0 Å². The van der Waals surface area contributed by atoms with Crippen LogP contribution in [0.5, 0.6) is 0 Å². The van der Waals surface area contributed by atoms with Crippen LogP contribution >= 0.6 is 22.7 Å². The molecular formula is C64H41N3S2. The number of aromatic nitrogens is 1. The minimum atomic E-state index is 1.10. The average Bonchev–Trinajstić information content (AvgIpc) is 4.08. The van der Waals surface area contributed by atoms with Crippen molar-refractivity contribution in [3.8, 4) is 16.8 Å². The lowest BCUT2D eigenvalue weighted by Crippen LogP contribution is -2.10. The van der Waals surface area contributed by atoms with Crippen molar-refractivity contribution in [2.45, 2.75) is 0 Å². The fraction of sp³-hybridized carbons (Fsp3) is 0. The minimum Gasteiger partial charge on any atom is -0.310 e. The Labute approximate surface area is 407 Å². The van der Waals surface area contributed by atoms with Crippen molar-refractivity contribution < 1.29 is 0 Å². The van der Waals surface area contributed by atoms with Gasteiger partial charge in [0.05, 0.1) is 11.0 Å². The number of hydrogen-bond donors (Lipinski definition) is 0. The van der Waals surface area contributed by atoms with E-state index in [9.17, 15) is 0 Å². The fourth-order valence-electron chi connectivity index (χ4n) is 10.5. The molecule has 0 aliphatic carbocycles. The van der Waals surface area contributed by atoms with Gasteiger partial charge in [-0.05, 0) is 143 Å². The van der Waals surface area contributed by atoms with Gasteiger partial charge in [0.2, 0.25) is 0 Å². The second-order valence-corrected chi connectivity index (χ2v) is 19.9. The molecular weight excluding hydrogens is 875 g/mol. The number of rotatable bonds is 8. The second-order valence-electron chi connectivity index (χ2n) is 17.7. The Morgan fingerprint density at radius 2 is 0.725 bits per heavy atom. The highest BCUT2D eigenvalue weighted by molar-refractivity contribution is 7.26. The molecule has 3 aromatic heterocycles. The molecule has 0 amide bonds. The molecule has 0 N–H and O–H groups in total. The summed E-state index contributed by atoms with van der Waals surface area (Å²) in [4.78, 5) is 4.80. The van der Waals surface area contributed by atoms with Crippen LogP contribution < -0.4 is 9.80 Å². The Hall–Kier alpha value is -8.48. The molecule has 0 radical (unpaired) electrons. The third kappa shape index (κ3) is 6.69. The van der Waals surface area contributed by atoms with Crippen LogP contribution in [-0.4, -0.2) is 4.57 Å². The largest absolute Gasteiger partial charge is 0.310 e. The predicted molar refractivity (Wildman–Crippen MR) is 299 cm³/mol. The van der Waals surface area contributed by atoms with E-state index in [0.717, 1.165) is 50.8 Å². The molecule has 3 heterocycles. The van der Waals surface area contributed by atoms with Gasteiger partial charge in [-0.25, -0.2) is 0 Å². The molecule has 5 heteroatoms. The third-order valence-corrected chi connectivity index (χ3v) is 16.0. The molecule has 0 saturated heterocycles. The van der Waals surface area contributed by atoms with Gasteiger partial charge in [0, 0.05) is 90.9 Å². The van der Waals surface area contributed by atoms with Gasteiger partial charge < -0.3 is 14.4 Å². The summed E-state index contributed by atoms with van der Waals surface area (Å²) >= 11 is 3.71. The summed E-state index contributed by atoms with van der Waals surface area (Å²) in [6.45, 7) is 0. The predicted octanol–water partition coefficient (Wildman–Crippen LogP) is 19.3. The first kappa shape index (κ1) is 39.7. The quantitative estimate of drug-likeness (QED) is 0.150. The maximum Gasteiger partial charge on any atom is 0.0561 e. The Bertz CT molecular complexity index is 4250. The van der Waals surface area contributed by atoms with Crippen molar-refractivity contribution in [3.05, 3.63) is 249 Å². The number of fused-ring (bicyclic) bond motifs is 10. The smallest absolute Gasteiger partial charge is 0.0561 e. The van der Waals surface area contributed by atoms with E-state index in [1.54, 1.807) is 0 Å². The van der Waals surface area contributed by atoms with E-state index < -0.39 is 0 Å². The molecule has 0 aliphatic rings. The molecule has 14 aromatic rings. The molecule has 11 aromatic carbocycles. The molecule has 324 valence electrons. The molecule has 69 heavy (non-hydrogen) atoms. The van der Waals surface area contributed by atoms with Crippen molar-refractivity contribution in [1.82, 2.24) is 4.57 Å². The van der Waals surface area contributed by atoms with E-state index >= 15 is 0 Å². The first-order chi connectivity index (χ1) is 34.2. The molecule has 0 unspecified atom stereocenters.